The van der Waals surface area contributed by atoms with E-state index in [-0.39, 0.29) is 5.91 Å². The topological polar surface area (TPSA) is 68.0 Å². The number of fused-ring (bicyclic) bond motifs is 2. The predicted octanol–water partition coefficient (Wildman–Crippen LogP) is 3.94. The van der Waals surface area contributed by atoms with Gasteiger partial charge in [-0.05, 0) is 37.1 Å². The number of amides is 1. The van der Waals surface area contributed by atoms with Crippen molar-refractivity contribution in [2.45, 2.75) is 18.9 Å². The van der Waals surface area contributed by atoms with E-state index in [0.29, 0.717) is 17.5 Å². The molecule has 0 spiro atoms. The second-order valence-electron chi connectivity index (χ2n) is 6.35. The molecule has 122 valence electrons. The first-order chi connectivity index (χ1) is 12.3. The second-order valence-corrected chi connectivity index (χ2v) is 6.35. The third kappa shape index (κ3) is 2.54. The number of nitrogens with zero attached hydrogens (tertiary/aromatic N) is 2. The Kier molecular flexibility index (Phi) is 3.06. The van der Waals surface area contributed by atoms with Crippen LogP contribution in [0.3, 0.4) is 0 Å². The molecular formula is C20H15N3O2. The van der Waals surface area contributed by atoms with Crippen molar-refractivity contribution >= 4 is 27.8 Å². The molecule has 1 aliphatic carbocycles. The number of rotatable bonds is 3. The fourth-order valence-corrected chi connectivity index (χ4v) is 2.95. The van der Waals surface area contributed by atoms with Crippen molar-refractivity contribution < 1.29 is 9.21 Å². The van der Waals surface area contributed by atoms with E-state index >= 15 is 0 Å². The highest BCUT2D eigenvalue weighted by atomic mass is 16.3. The first-order valence-electron chi connectivity index (χ1n) is 8.32. The molecule has 0 atom stereocenters. The summed E-state index contributed by atoms with van der Waals surface area (Å²) in [7, 11) is 0. The fraction of sp³-hybridized carbons (Fsp3) is 0.150. The monoisotopic (exact) mass is 329 g/mol. The van der Waals surface area contributed by atoms with Gasteiger partial charge in [0, 0.05) is 29.2 Å². The molecule has 1 N–H and O–H groups in total. The molecular weight excluding hydrogens is 314 g/mol. The summed E-state index contributed by atoms with van der Waals surface area (Å²) in [4.78, 5) is 21.2. The molecule has 25 heavy (non-hydrogen) atoms. The minimum atomic E-state index is -0.128. The number of hydrogen-bond acceptors (Lipinski definition) is 4. The molecule has 1 aliphatic rings. The third-order valence-electron chi connectivity index (χ3n) is 4.44. The molecule has 5 heteroatoms. The molecule has 0 aliphatic heterocycles. The van der Waals surface area contributed by atoms with Crippen molar-refractivity contribution in [3.63, 3.8) is 0 Å². The summed E-state index contributed by atoms with van der Waals surface area (Å²) in [6.45, 7) is 0. The Balaban J connectivity index is 1.64. The van der Waals surface area contributed by atoms with Crippen molar-refractivity contribution in [1.29, 1.82) is 0 Å². The highest BCUT2D eigenvalue weighted by molar-refractivity contribution is 5.99. The highest BCUT2D eigenvalue weighted by Crippen LogP contribution is 2.31. The van der Waals surface area contributed by atoms with Gasteiger partial charge in [-0.25, -0.2) is 4.98 Å². The van der Waals surface area contributed by atoms with Gasteiger partial charge in [-0.15, -0.1) is 0 Å². The standard InChI is InChI=1S/C20H15N3O2/c24-20(22-14-6-7-14)16-8-5-13-10-21-11-15(19(13)23-16)18-9-12-3-1-2-4-17(12)25-18/h1-5,8-11,14H,6-7H2,(H,22,24). The molecule has 0 radical (unpaired) electrons. The lowest BCUT2D eigenvalue weighted by Crippen LogP contribution is -2.26. The van der Waals surface area contributed by atoms with Crippen LogP contribution in [-0.4, -0.2) is 21.9 Å². The number of aromatic nitrogens is 2. The molecule has 1 fully saturated rings. The third-order valence-corrected chi connectivity index (χ3v) is 4.44. The van der Waals surface area contributed by atoms with Gasteiger partial charge in [0.25, 0.3) is 5.91 Å². The van der Waals surface area contributed by atoms with E-state index in [1.807, 2.05) is 36.4 Å². The molecule has 5 rings (SSSR count). The van der Waals surface area contributed by atoms with Crippen LogP contribution in [0.1, 0.15) is 23.3 Å². The molecule has 3 heterocycles. The summed E-state index contributed by atoms with van der Waals surface area (Å²) in [5.74, 6) is 0.573. The van der Waals surface area contributed by atoms with Crippen LogP contribution >= 0.6 is 0 Å². The molecule has 1 amide bonds. The normalized spacial score (nSPS) is 14.1. The van der Waals surface area contributed by atoms with Gasteiger partial charge in [0.2, 0.25) is 0 Å². The summed E-state index contributed by atoms with van der Waals surface area (Å²) in [6, 6.07) is 13.7. The Morgan fingerprint density at radius 2 is 1.96 bits per heavy atom. The number of hydrogen-bond donors (Lipinski definition) is 1. The van der Waals surface area contributed by atoms with Crippen LogP contribution in [-0.2, 0) is 0 Å². The Hall–Kier alpha value is -3.21. The van der Waals surface area contributed by atoms with E-state index < -0.39 is 0 Å². The number of para-hydroxylation sites is 1. The van der Waals surface area contributed by atoms with Crippen LogP contribution in [0.4, 0.5) is 0 Å². The summed E-state index contributed by atoms with van der Waals surface area (Å²) in [5.41, 5.74) is 2.74. The lowest BCUT2D eigenvalue weighted by atomic mass is 10.1. The van der Waals surface area contributed by atoms with Crippen LogP contribution in [0, 0.1) is 0 Å². The summed E-state index contributed by atoms with van der Waals surface area (Å²) in [5, 5.41) is 4.88. The maximum Gasteiger partial charge on any atom is 0.270 e. The van der Waals surface area contributed by atoms with Crippen molar-refractivity contribution in [3.05, 3.63) is 60.6 Å². The highest BCUT2D eigenvalue weighted by Gasteiger charge is 2.24. The van der Waals surface area contributed by atoms with E-state index in [1.54, 1.807) is 18.5 Å². The Morgan fingerprint density at radius 3 is 2.80 bits per heavy atom. The van der Waals surface area contributed by atoms with E-state index in [4.69, 9.17) is 4.42 Å². The molecule has 4 aromatic rings. The lowest BCUT2D eigenvalue weighted by molar-refractivity contribution is 0.0946. The van der Waals surface area contributed by atoms with E-state index in [2.05, 4.69) is 15.3 Å². The number of nitrogens with one attached hydrogen (secondary N) is 1. The maximum atomic E-state index is 12.3. The molecule has 0 unspecified atom stereocenters. The minimum absolute atomic E-state index is 0.128. The molecule has 0 bridgehead atoms. The number of benzene rings is 1. The summed E-state index contributed by atoms with van der Waals surface area (Å²) in [6.07, 6.45) is 5.58. The summed E-state index contributed by atoms with van der Waals surface area (Å²) >= 11 is 0. The van der Waals surface area contributed by atoms with Gasteiger partial charge in [0.15, 0.2) is 0 Å². The van der Waals surface area contributed by atoms with E-state index in [1.165, 1.54) is 0 Å². The fourth-order valence-electron chi connectivity index (χ4n) is 2.95. The van der Waals surface area contributed by atoms with Crippen molar-refractivity contribution in [2.24, 2.45) is 0 Å². The van der Waals surface area contributed by atoms with Crippen LogP contribution in [0.2, 0.25) is 0 Å². The van der Waals surface area contributed by atoms with E-state index in [0.717, 1.165) is 40.3 Å². The maximum absolute atomic E-state index is 12.3. The molecule has 1 aromatic carbocycles. The van der Waals surface area contributed by atoms with Crippen molar-refractivity contribution in [1.82, 2.24) is 15.3 Å². The number of carbonyl (C=O) groups is 1. The molecule has 0 saturated heterocycles. The Morgan fingerprint density at radius 1 is 1.08 bits per heavy atom. The van der Waals surface area contributed by atoms with Gasteiger partial charge in [0.05, 0.1) is 11.1 Å². The van der Waals surface area contributed by atoms with Crippen LogP contribution in [0.15, 0.2) is 59.3 Å². The largest absolute Gasteiger partial charge is 0.456 e. The quantitative estimate of drug-likeness (QED) is 0.618. The zero-order valence-electron chi connectivity index (χ0n) is 13.4. The smallest absolute Gasteiger partial charge is 0.270 e. The van der Waals surface area contributed by atoms with Crippen molar-refractivity contribution in [3.8, 4) is 11.3 Å². The van der Waals surface area contributed by atoms with Gasteiger partial charge < -0.3 is 9.73 Å². The van der Waals surface area contributed by atoms with Gasteiger partial charge >= 0.3 is 0 Å². The number of furan rings is 1. The van der Waals surface area contributed by atoms with Gasteiger partial charge in [-0.3, -0.25) is 9.78 Å². The van der Waals surface area contributed by atoms with Crippen LogP contribution < -0.4 is 5.32 Å². The zero-order valence-corrected chi connectivity index (χ0v) is 13.4. The first-order valence-corrected chi connectivity index (χ1v) is 8.32. The predicted molar refractivity (Wildman–Crippen MR) is 95.2 cm³/mol. The average molecular weight is 329 g/mol. The molecule has 3 aromatic heterocycles. The van der Waals surface area contributed by atoms with Crippen LogP contribution in [0.25, 0.3) is 33.2 Å². The van der Waals surface area contributed by atoms with Crippen molar-refractivity contribution in [2.75, 3.05) is 0 Å². The molecule has 1 saturated carbocycles. The summed E-state index contributed by atoms with van der Waals surface area (Å²) < 4.78 is 5.96. The lowest BCUT2D eigenvalue weighted by Gasteiger charge is -2.06. The zero-order chi connectivity index (χ0) is 16.8. The average Bonchev–Trinajstić information content (AvgIpc) is 3.35. The minimum Gasteiger partial charge on any atom is -0.456 e. The Labute approximate surface area is 143 Å². The van der Waals surface area contributed by atoms with Gasteiger partial charge in [0.1, 0.15) is 17.0 Å². The Bertz CT molecular complexity index is 1080. The molecule has 5 nitrogen and oxygen atoms in total. The van der Waals surface area contributed by atoms with Gasteiger partial charge in [-0.1, -0.05) is 18.2 Å². The SMILES string of the molecule is O=C(NC1CC1)c1ccc2cncc(-c3cc4ccccc4o3)c2n1. The first kappa shape index (κ1) is 14.2. The number of carbonyl (C=O) groups excluding carboxylic acids is 1. The van der Waals surface area contributed by atoms with Crippen LogP contribution in [0.5, 0.6) is 0 Å². The van der Waals surface area contributed by atoms with E-state index in [9.17, 15) is 4.79 Å². The number of pyridine rings is 2. The second kappa shape index (κ2) is 5.41. The van der Waals surface area contributed by atoms with Gasteiger partial charge in [-0.2, -0.15) is 0 Å².